The van der Waals surface area contributed by atoms with Gasteiger partial charge in [-0.25, -0.2) is 4.39 Å². The van der Waals surface area contributed by atoms with Crippen molar-refractivity contribution in [2.24, 2.45) is 11.7 Å². The number of rotatable bonds is 5. The van der Waals surface area contributed by atoms with Gasteiger partial charge in [0, 0.05) is 6.54 Å². The number of anilines is 1. The third-order valence-corrected chi connectivity index (χ3v) is 2.61. The van der Waals surface area contributed by atoms with Crippen molar-refractivity contribution in [3.8, 4) is 0 Å². The van der Waals surface area contributed by atoms with Gasteiger partial charge in [-0.1, -0.05) is 19.9 Å². The van der Waals surface area contributed by atoms with E-state index < -0.39 is 0 Å². The molecule has 1 atom stereocenters. The lowest BCUT2D eigenvalue weighted by molar-refractivity contribution is 0.249. The second kappa shape index (κ2) is 5.82. The number of halogens is 1. The van der Waals surface area contributed by atoms with Gasteiger partial charge in [-0.05, 0) is 23.6 Å². The first-order valence-corrected chi connectivity index (χ1v) is 5.44. The first-order valence-electron chi connectivity index (χ1n) is 5.44. The van der Waals surface area contributed by atoms with Crippen molar-refractivity contribution >= 4 is 5.69 Å². The lowest BCUT2D eigenvalue weighted by Gasteiger charge is -2.21. The molecule has 0 spiro atoms. The molecule has 16 heavy (non-hydrogen) atoms. The third kappa shape index (κ3) is 3.18. The first-order chi connectivity index (χ1) is 7.58. The molecule has 0 saturated heterocycles. The Balaban J connectivity index is 2.80. The van der Waals surface area contributed by atoms with Crippen molar-refractivity contribution in [1.82, 2.24) is 0 Å². The van der Waals surface area contributed by atoms with Gasteiger partial charge in [0.05, 0.1) is 18.3 Å². The topological polar surface area (TPSA) is 58.3 Å². The number of hydrogen-bond acceptors (Lipinski definition) is 3. The monoisotopic (exact) mass is 226 g/mol. The molecule has 3 nitrogen and oxygen atoms in total. The molecule has 0 fully saturated rings. The van der Waals surface area contributed by atoms with E-state index in [9.17, 15) is 4.39 Å². The smallest absolute Gasteiger partial charge is 0.146 e. The highest BCUT2D eigenvalue weighted by atomic mass is 19.1. The molecule has 0 amide bonds. The van der Waals surface area contributed by atoms with Crippen LogP contribution in [0.1, 0.15) is 19.4 Å². The van der Waals surface area contributed by atoms with Crippen LogP contribution in [-0.2, 0) is 6.54 Å². The van der Waals surface area contributed by atoms with Crippen LogP contribution < -0.4 is 11.1 Å². The van der Waals surface area contributed by atoms with Gasteiger partial charge >= 0.3 is 0 Å². The van der Waals surface area contributed by atoms with E-state index in [4.69, 9.17) is 10.8 Å². The van der Waals surface area contributed by atoms with Gasteiger partial charge in [0.1, 0.15) is 5.82 Å². The Kier molecular flexibility index (Phi) is 4.71. The molecule has 0 aliphatic rings. The summed E-state index contributed by atoms with van der Waals surface area (Å²) in [4.78, 5) is 0. The maximum absolute atomic E-state index is 13.6. The summed E-state index contributed by atoms with van der Waals surface area (Å²) in [6.07, 6.45) is 0. The lowest BCUT2D eigenvalue weighted by atomic mass is 10.0. The van der Waals surface area contributed by atoms with E-state index in [1.807, 2.05) is 13.8 Å². The predicted molar refractivity (Wildman–Crippen MR) is 63.6 cm³/mol. The summed E-state index contributed by atoms with van der Waals surface area (Å²) >= 11 is 0. The Morgan fingerprint density at radius 1 is 1.44 bits per heavy atom. The number of hydrogen-bond donors (Lipinski definition) is 3. The predicted octanol–water partition coefficient (Wildman–Crippen LogP) is 1.71. The Labute approximate surface area is 95.5 Å². The van der Waals surface area contributed by atoms with Gasteiger partial charge in [0.15, 0.2) is 0 Å². The van der Waals surface area contributed by atoms with Crippen LogP contribution in [0.5, 0.6) is 0 Å². The lowest BCUT2D eigenvalue weighted by Crippen LogP contribution is -2.29. The number of nitrogens with two attached hydrogens (primary N) is 1. The van der Waals surface area contributed by atoms with E-state index in [0.29, 0.717) is 12.2 Å². The van der Waals surface area contributed by atoms with Crippen molar-refractivity contribution in [2.45, 2.75) is 26.4 Å². The fourth-order valence-corrected chi connectivity index (χ4v) is 1.43. The minimum absolute atomic E-state index is 0.0181. The zero-order chi connectivity index (χ0) is 12.1. The molecule has 0 bridgehead atoms. The molecule has 1 unspecified atom stereocenters. The van der Waals surface area contributed by atoms with E-state index >= 15 is 0 Å². The molecule has 1 aromatic rings. The molecule has 90 valence electrons. The minimum atomic E-state index is -0.331. The maximum Gasteiger partial charge on any atom is 0.146 e. The van der Waals surface area contributed by atoms with E-state index in [1.54, 1.807) is 12.1 Å². The van der Waals surface area contributed by atoms with E-state index in [2.05, 4.69) is 5.32 Å². The summed E-state index contributed by atoms with van der Waals surface area (Å²) in [5, 5.41) is 12.1. The van der Waals surface area contributed by atoms with E-state index in [0.717, 1.165) is 5.56 Å². The van der Waals surface area contributed by atoms with Crippen molar-refractivity contribution in [1.29, 1.82) is 0 Å². The minimum Gasteiger partial charge on any atom is -0.394 e. The summed E-state index contributed by atoms with van der Waals surface area (Å²) in [7, 11) is 0. The largest absolute Gasteiger partial charge is 0.394 e. The number of nitrogens with one attached hydrogen (secondary N) is 1. The molecule has 0 radical (unpaired) electrons. The fourth-order valence-electron chi connectivity index (χ4n) is 1.43. The van der Waals surface area contributed by atoms with Crippen LogP contribution in [0, 0.1) is 11.7 Å². The van der Waals surface area contributed by atoms with Crippen LogP contribution in [0.25, 0.3) is 0 Å². The van der Waals surface area contributed by atoms with Gasteiger partial charge in [0.25, 0.3) is 0 Å². The molecular formula is C12H19FN2O. The number of benzene rings is 1. The Hall–Kier alpha value is -1.13. The summed E-state index contributed by atoms with van der Waals surface area (Å²) < 4.78 is 13.6. The van der Waals surface area contributed by atoms with Gasteiger partial charge < -0.3 is 16.2 Å². The van der Waals surface area contributed by atoms with Crippen molar-refractivity contribution in [3.05, 3.63) is 29.6 Å². The molecule has 0 saturated carbocycles. The van der Waals surface area contributed by atoms with Gasteiger partial charge in [-0.2, -0.15) is 0 Å². The normalized spacial score (nSPS) is 12.9. The third-order valence-electron chi connectivity index (χ3n) is 2.61. The second-order valence-corrected chi connectivity index (χ2v) is 4.20. The number of aliphatic hydroxyl groups excluding tert-OH is 1. The molecule has 1 rings (SSSR count). The Bertz CT molecular complexity index is 342. The maximum atomic E-state index is 13.6. The van der Waals surface area contributed by atoms with Crippen molar-refractivity contribution in [3.63, 3.8) is 0 Å². The van der Waals surface area contributed by atoms with Crippen molar-refractivity contribution in [2.75, 3.05) is 11.9 Å². The highest BCUT2D eigenvalue weighted by Crippen LogP contribution is 2.18. The molecule has 4 heteroatoms. The molecule has 0 aromatic heterocycles. The summed E-state index contributed by atoms with van der Waals surface area (Å²) in [5.41, 5.74) is 6.58. The Morgan fingerprint density at radius 2 is 2.12 bits per heavy atom. The van der Waals surface area contributed by atoms with Crippen LogP contribution in [-0.4, -0.2) is 17.8 Å². The van der Waals surface area contributed by atoms with E-state index in [1.165, 1.54) is 6.07 Å². The molecule has 0 heterocycles. The SMILES string of the molecule is CC(C)C(CO)Nc1ccc(CN)cc1F. The van der Waals surface area contributed by atoms with Crippen LogP contribution >= 0.6 is 0 Å². The molecule has 1 aromatic carbocycles. The molecule has 0 aliphatic heterocycles. The molecule has 4 N–H and O–H groups in total. The highest BCUT2D eigenvalue weighted by Gasteiger charge is 2.13. The van der Waals surface area contributed by atoms with Gasteiger partial charge in [-0.15, -0.1) is 0 Å². The quantitative estimate of drug-likeness (QED) is 0.716. The molecule has 0 aliphatic carbocycles. The first kappa shape index (κ1) is 12.9. The van der Waals surface area contributed by atoms with E-state index in [-0.39, 0.29) is 24.4 Å². The zero-order valence-corrected chi connectivity index (χ0v) is 9.70. The van der Waals surface area contributed by atoms with Gasteiger partial charge in [-0.3, -0.25) is 0 Å². The van der Waals surface area contributed by atoms with Crippen LogP contribution in [0.2, 0.25) is 0 Å². The Morgan fingerprint density at radius 3 is 2.56 bits per heavy atom. The second-order valence-electron chi connectivity index (χ2n) is 4.20. The van der Waals surface area contributed by atoms with Gasteiger partial charge in [0.2, 0.25) is 0 Å². The average molecular weight is 226 g/mol. The summed E-state index contributed by atoms with van der Waals surface area (Å²) in [6.45, 7) is 4.25. The fraction of sp³-hybridized carbons (Fsp3) is 0.500. The zero-order valence-electron chi connectivity index (χ0n) is 9.70. The molecular weight excluding hydrogens is 207 g/mol. The summed E-state index contributed by atoms with van der Waals surface area (Å²) in [5.74, 6) is -0.0966. The van der Waals surface area contributed by atoms with Crippen LogP contribution in [0.4, 0.5) is 10.1 Å². The van der Waals surface area contributed by atoms with Crippen LogP contribution in [0.3, 0.4) is 0 Å². The average Bonchev–Trinajstić information content (AvgIpc) is 2.26. The van der Waals surface area contributed by atoms with Crippen molar-refractivity contribution < 1.29 is 9.50 Å². The standard InChI is InChI=1S/C12H19FN2O/c1-8(2)12(7-16)15-11-4-3-9(6-14)5-10(11)13/h3-5,8,12,15-16H,6-7,14H2,1-2H3. The highest BCUT2D eigenvalue weighted by molar-refractivity contribution is 5.47. The summed E-state index contributed by atoms with van der Waals surface area (Å²) in [6, 6.07) is 4.71. The van der Waals surface area contributed by atoms with Crippen LogP contribution in [0.15, 0.2) is 18.2 Å². The number of aliphatic hydroxyl groups is 1.